The maximum atomic E-state index is 11.2. The van der Waals surface area contributed by atoms with Gasteiger partial charge in [-0.3, -0.25) is 10.1 Å². The Kier molecular flexibility index (Phi) is 5.20. The molecule has 0 aliphatic carbocycles. The molecule has 0 aliphatic heterocycles. The molecule has 0 atom stereocenters. The average molecular weight is 354 g/mol. The summed E-state index contributed by atoms with van der Waals surface area (Å²) in [6.45, 7) is 0. The molecule has 118 valence electrons. The van der Waals surface area contributed by atoms with Gasteiger partial charge in [-0.1, -0.05) is 29.3 Å². The van der Waals surface area contributed by atoms with Gasteiger partial charge in [-0.05, 0) is 35.9 Å². The molecule has 0 aromatic heterocycles. The van der Waals surface area contributed by atoms with Gasteiger partial charge in [-0.15, -0.1) is 0 Å². The Labute approximate surface area is 140 Å². The van der Waals surface area contributed by atoms with Crippen LogP contribution in [0, 0.1) is 10.1 Å². The highest BCUT2D eigenvalue weighted by Gasteiger charge is 2.17. The second-order valence-electron chi connectivity index (χ2n) is 4.33. The van der Waals surface area contributed by atoms with Crippen molar-refractivity contribution in [3.05, 3.63) is 68.2 Å². The van der Waals surface area contributed by atoms with Gasteiger partial charge in [0.25, 0.3) is 0 Å². The lowest BCUT2D eigenvalue weighted by Crippen LogP contribution is -1.95. The lowest BCUT2D eigenvalue weighted by molar-refractivity contribution is -0.385. The molecule has 2 rings (SSSR count). The van der Waals surface area contributed by atoms with Gasteiger partial charge in [0.2, 0.25) is 5.75 Å². The molecule has 0 radical (unpaired) electrons. The number of hydrogen-bond donors (Lipinski definition) is 1. The Morgan fingerprint density at radius 1 is 1.17 bits per heavy atom. The zero-order chi connectivity index (χ0) is 17.0. The number of nitro groups is 1. The van der Waals surface area contributed by atoms with Gasteiger partial charge in [-0.2, -0.15) is 0 Å². The molecule has 0 spiro atoms. The van der Waals surface area contributed by atoms with Gasteiger partial charge >= 0.3 is 11.7 Å². The van der Waals surface area contributed by atoms with Crippen LogP contribution >= 0.6 is 23.2 Å². The summed E-state index contributed by atoms with van der Waals surface area (Å²) in [6.07, 6.45) is 2.13. The quantitative estimate of drug-likeness (QED) is 0.474. The Hall–Kier alpha value is -2.57. The number of halogens is 2. The number of hydrogen-bond acceptors (Lipinski definition) is 4. The Balaban J connectivity index is 2.38. The van der Waals surface area contributed by atoms with Crippen molar-refractivity contribution in [2.75, 3.05) is 0 Å². The summed E-state index contributed by atoms with van der Waals surface area (Å²) < 4.78 is 5.46. The molecule has 2 aromatic carbocycles. The number of rotatable bonds is 5. The highest BCUT2D eigenvalue weighted by Crippen LogP contribution is 2.36. The summed E-state index contributed by atoms with van der Waals surface area (Å²) in [6, 6.07) is 8.55. The molecule has 0 heterocycles. The summed E-state index contributed by atoms with van der Waals surface area (Å²) in [5.74, 6) is -0.958. The van der Waals surface area contributed by atoms with Crippen molar-refractivity contribution in [2.45, 2.75) is 0 Å². The van der Waals surface area contributed by atoms with Crippen LogP contribution in [0.25, 0.3) is 6.08 Å². The van der Waals surface area contributed by atoms with Crippen LogP contribution in [0.4, 0.5) is 5.69 Å². The number of carboxylic acid groups (broad SMARTS) is 1. The van der Waals surface area contributed by atoms with Gasteiger partial charge in [0, 0.05) is 17.2 Å². The molecule has 0 bridgehead atoms. The van der Waals surface area contributed by atoms with Crippen molar-refractivity contribution in [2.24, 2.45) is 0 Å². The third kappa shape index (κ3) is 4.45. The molecular weight excluding hydrogens is 345 g/mol. The molecule has 1 N–H and O–H groups in total. The van der Waals surface area contributed by atoms with Crippen molar-refractivity contribution in [1.82, 2.24) is 0 Å². The van der Waals surface area contributed by atoms with E-state index in [0.717, 1.165) is 6.08 Å². The van der Waals surface area contributed by atoms with Crippen molar-refractivity contribution in [1.29, 1.82) is 0 Å². The summed E-state index contributed by atoms with van der Waals surface area (Å²) >= 11 is 11.8. The molecule has 0 unspecified atom stereocenters. The summed E-state index contributed by atoms with van der Waals surface area (Å²) in [7, 11) is 0. The van der Waals surface area contributed by atoms with E-state index in [1.54, 1.807) is 6.07 Å². The van der Waals surface area contributed by atoms with Crippen LogP contribution in [0.2, 0.25) is 10.0 Å². The summed E-state index contributed by atoms with van der Waals surface area (Å²) in [4.78, 5) is 21.0. The predicted molar refractivity (Wildman–Crippen MR) is 86.3 cm³/mol. The highest BCUT2D eigenvalue weighted by atomic mass is 35.5. The number of carbonyl (C=O) groups is 1. The summed E-state index contributed by atoms with van der Waals surface area (Å²) in [5, 5.41) is 20.4. The molecule has 6 nitrogen and oxygen atoms in total. The first-order chi connectivity index (χ1) is 10.9. The van der Waals surface area contributed by atoms with Crippen LogP contribution < -0.4 is 4.74 Å². The van der Waals surface area contributed by atoms with Crippen molar-refractivity contribution < 1.29 is 19.6 Å². The second kappa shape index (κ2) is 7.13. The number of aliphatic carboxylic acids is 1. The van der Waals surface area contributed by atoms with Crippen molar-refractivity contribution >= 4 is 40.9 Å². The topological polar surface area (TPSA) is 89.7 Å². The van der Waals surface area contributed by atoms with Crippen LogP contribution in [-0.4, -0.2) is 16.0 Å². The fraction of sp³-hybridized carbons (Fsp3) is 0. The molecule has 0 fully saturated rings. The van der Waals surface area contributed by atoms with Crippen LogP contribution in [0.1, 0.15) is 5.56 Å². The van der Waals surface area contributed by atoms with Crippen LogP contribution in [0.15, 0.2) is 42.5 Å². The number of nitro benzene ring substituents is 1. The third-order valence-electron chi connectivity index (χ3n) is 2.71. The van der Waals surface area contributed by atoms with Crippen LogP contribution in [0.5, 0.6) is 11.5 Å². The van der Waals surface area contributed by atoms with Gasteiger partial charge < -0.3 is 9.84 Å². The van der Waals surface area contributed by atoms with E-state index in [2.05, 4.69) is 0 Å². The number of benzene rings is 2. The van der Waals surface area contributed by atoms with Gasteiger partial charge in [0.1, 0.15) is 5.75 Å². The van der Waals surface area contributed by atoms with Gasteiger partial charge in [0.05, 0.1) is 9.95 Å². The Morgan fingerprint density at radius 3 is 2.48 bits per heavy atom. The molecular formula is C15H9Cl2NO5. The SMILES string of the molecule is O=C(O)/C=C/c1ccc(Oc2ccc(Cl)cc2Cl)c([N+](=O)[O-])c1. The minimum atomic E-state index is -1.15. The first-order valence-electron chi connectivity index (χ1n) is 6.19. The van der Waals surface area contributed by atoms with E-state index >= 15 is 0 Å². The fourth-order valence-electron chi connectivity index (χ4n) is 1.71. The zero-order valence-electron chi connectivity index (χ0n) is 11.4. The predicted octanol–water partition coefficient (Wildman–Crippen LogP) is 4.79. The van der Waals surface area contributed by atoms with E-state index in [-0.39, 0.29) is 22.2 Å². The maximum absolute atomic E-state index is 11.2. The molecule has 0 saturated carbocycles. The lowest BCUT2D eigenvalue weighted by Gasteiger charge is -2.08. The van der Waals surface area contributed by atoms with E-state index in [1.165, 1.54) is 36.4 Å². The average Bonchev–Trinajstić information content (AvgIpc) is 2.48. The third-order valence-corrected chi connectivity index (χ3v) is 3.24. The van der Waals surface area contributed by atoms with E-state index in [1.807, 2.05) is 0 Å². The van der Waals surface area contributed by atoms with Crippen molar-refractivity contribution in [3.63, 3.8) is 0 Å². The molecule has 0 saturated heterocycles. The Morgan fingerprint density at radius 2 is 1.87 bits per heavy atom. The van der Waals surface area contributed by atoms with E-state index in [0.29, 0.717) is 10.6 Å². The van der Waals surface area contributed by atoms with E-state index in [9.17, 15) is 14.9 Å². The standard InChI is InChI=1S/C15H9Cl2NO5/c16-10-3-5-13(11(17)8-10)23-14-4-1-9(2-6-15(19)20)7-12(14)18(21)22/h1-8H,(H,19,20)/b6-2+. The number of carboxylic acids is 1. The second-order valence-corrected chi connectivity index (χ2v) is 5.18. The van der Waals surface area contributed by atoms with Gasteiger partial charge in [-0.25, -0.2) is 4.79 Å². The lowest BCUT2D eigenvalue weighted by atomic mass is 10.1. The first kappa shape index (κ1) is 16.8. The number of ether oxygens (including phenoxy) is 1. The molecule has 23 heavy (non-hydrogen) atoms. The van der Waals surface area contributed by atoms with E-state index in [4.69, 9.17) is 33.0 Å². The molecule has 2 aromatic rings. The first-order valence-corrected chi connectivity index (χ1v) is 6.95. The smallest absolute Gasteiger partial charge is 0.328 e. The monoisotopic (exact) mass is 353 g/mol. The normalized spacial score (nSPS) is 10.7. The highest BCUT2D eigenvalue weighted by molar-refractivity contribution is 6.35. The van der Waals surface area contributed by atoms with Crippen LogP contribution in [0.3, 0.4) is 0 Å². The van der Waals surface area contributed by atoms with Crippen LogP contribution in [-0.2, 0) is 4.79 Å². The van der Waals surface area contributed by atoms with Gasteiger partial charge in [0.15, 0.2) is 0 Å². The number of nitrogens with zero attached hydrogens (tertiary/aromatic N) is 1. The molecule has 0 aliphatic rings. The maximum Gasteiger partial charge on any atom is 0.328 e. The summed E-state index contributed by atoms with van der Waals surface area (Å²) in [5.41, 5.74) is 0.0391. The minimum Gasteiger partial charge on any atom is -0.478 e. The minimum absolute atomic E-state index is 0.0216. The molecule has 8 heteroatoms. The zero-order valence-corrected chi connectivity index (χ0v) is 12.9. The Bertz CT molecular complexity index is 804. The largest absolute Gasteiger partial charge is 0.478 e. The van der Waals surface area contributed by atoms with Crippen molar-refractivity contribution in [3.8, 4) is 11.5 Å². The molecule has 0 amide bonds. The van der Waals surface area contributed by atoms with E-state index < -0.39 is 10.9 Å². The fourth-order valence-corrected chi connectivity index (χ4v) is 2.16.